The number of hydrogen-bond acceptors (Lipinski definition) is 3. The Balaban J connectivity index is 1.89. The van der Waals surface area contributed by atoms with Crippen LogP contribution in [0.4, 0.5) is 0 Å². The Kier molecular flexibility index (Phi) is 6.47. The van der Waals surface area contributed by atoms with E-state index in [4.69, 9.17) is 9.47 Å². The average Bonchev–Trinajstić information content (AvgIpc) is 2.55. The second-order valence-corrected chi connectivity index (χ2v) is 6.67. The number of hydrogen-bond donors (Lipinski definition) is 1. The Bertz CT molecular complexity index is 674. The second-order valence-electron chi connectivity index (χ2n) is 4.90. The van der Waals surface area contributed by atoms with Crippen LogP contribution in [-0.2, 0) is 11.3 Å². The van der Waals surface area contributed by atoms with Crippen molar-refractivity contribution < 1.29 is 14.3 Å². The molecule has 0 saturated carbocycles. The third kappa shape index (κ3) is 5.25. The van der Waals surface area contributed by atoms with Gasteiger partial charge in [0.15, 0.2) is 6.10 Å². The predicted molar refractivity (Wildman–Crippen MR) is 96.8 cm³/mol. The Labute approximate surface area is 152 Å². The molecular formula is C17H17Br2NO3. The molecule has 1 atom stereocenters. The fourth-order valence-corrected chi connectivity index (χ4v) is 3.03. The van der Waals surface area contributed by atoms with E-state index in [0.717, 1.165) is 20.3 Å². The zero-order valence-corrected chi connectivity index (χ0v) is 16.0. The molecule has 23 heavy (non-hydrogen) atoms. The van der Waals surface area contributed by atoms with Gasteiger partial charge in [-0.2, -0.15) is 0 Å². The SMILES string of the molecule is COc1ccc(CNC(=O)[C@H](C)Oc2ccc(Br)cc2Br)cc1. The number of rotatable bonds is 6. The minimum absolute atomic E-state index is 0.171. The van der Waals surface area contributed by atoms with E-state index in [2.05, 4.69) is 37.2 Å². The summed E-state index contributed by atoms with van der Waals surface area (Å²) in [5.74, 6) is 1.24. The predicted octanol–water partition coefficient (Wildman–Crippen LogP) is 4.30. The van der Waals surface area contributed by atoms with E-state index < -0.39 is 6.10 Å². The highest BCUT2D eigenvalue weighted by Crippen LogP contribution is 2.28. The van der Waals surface area contributed by atoms with Crippen LogP contribution in [0.3, 0.4) is 0 Å². The normalized spacial score (nSPS) is 11.7. The van der Waals surface area contributed by atoms with Crippen LogP contribution >= 0.6 is 31.9 Å². The fraction of sp³-hybridized carbons (Fsp3) is 0.235. The van der Waals surface area contributed by atoms with Crippen LogP contribution < -0.4 is 14.8 Å². The van der Waals surface area contributed by atoms with E-state index >= 15 is 0 Å². The molecule has 0 aliphatic rings. The molecule has 0 fully saturated rings. The summed E-state index contributed by atoms with van der Waals surface area (Å²) in [6.07, 6.45) is -0.592. The topological polar surface area (TPSA) is 47.6 Å². The third-order valence-corrected chi connectivity index (χ3v) is 4.31. The molecule has 0 radical (unpaired) electrons. The first-order valence-electron chi connectivity index (χ1n) is 7.02. The first-order chi connectivity index (χ1) is 11.0. The number of carbonyl (C=O) groups excluding carboxylic acids is 1. The second kappa shape index (κ2) is 8.36. The maximum atomic E-state index is 12.1. The number of ether oxygens (including phenoxy) is 2. The summed E-state index contributed by atoms with van der Waals surface area (Å²) >= 11 is 6.79. The fourth-order valence-electron chi connectivity index (χ4n) is 1.89. The summed E-state index contributed by atoms with van der Waals surface area (Å²) in [4.78, 5) is 12.1. The largest absolute Gasteiger partial charge is 0.497 e. The Hall–Kier alpha value is -1.53. The first kappa shape index (κ1) is 17.8. The van der Waals surface area contributed by atoms with Gasteiger partial charge in [-0.05, 0) is 58.7 Å². The van der Waals surface area contributed by atoms with Gasteiger partial charge in [0.05, 0.1) is 11.6 Å². The summed E-state index contributed by atoms with van der Waals surface area (Å²) < 4.78 is 12.5. The van der Waals surface area contributed by atoms with Crippen LogP contribution in [0.5, 0.6) is 11.5 Å². The van der Waals surface area contributed by atoms with E-state index in [0.29, 0.717) is 12.3 Å². The molecule has 2 aromatic rings. The molecule has 0 aromatic heterocycles. The summed E-state index contributed by atoms with van der Waals surface area (Å²) in [5.41, 5.74) is 0.996. The Morgan fingerprint density at radius 2 is 1.87 bits per heavy atom. The number of benzene rings is 2. The maximum absolute atomic E-state index is 12.1. The number of methoxy groups -OCH3 is 1. The first-order valence-corrected chi connectivity index (χ1v) is 8.60. The van der Waals surface area contributed by atoms with Crippen molar-refractivity contribution in [1.29, 1.82) is 0 Å². The smallest absolute Gasteiger partial charge is 0.261 e. The number of halogens is 2. The molecule has 0 spiro atoms. The molecule has 0 aliphatic carbocycles. The van der Waals surface area contributed by atoms with Gasteiger partial charge in [-0.15, -0.1) is 0 Å². The van der Waals surface area contributed by atoms with Crippen molar-refractivity contribution in [3.8, 4) is 11.5 Å². The number of amides is 1. The number of nitrogens with one attached hydrogen (secondary N) is 1. The Morgan fingerprint density at radius 1 is 1.17 bits per heavy atom. The lowest BCUT2D eigenvalue weighted by molar-refractivity contribution is -0.127. The molecule has 2 rings (SSSR count). The van der Waals surface area contributed by atoms with Crippen molar-refractivity contribution in [3.05, 3.63) is 57.0 Å². The van der Waals surface area contributed by atoms with Gasteiger partial charge in [-0.1, -0.05) is 28.1 Å². The Morgan fingerprint density at radius 3 is 2.48 bits per heavy atom. The molecular weight excluding hydrogens is 426 g/mol. The van der Waals surface area contributed by atoms with E-state index in [1.807, 2.05) is 36.4 Å². The van der Waals surface area contributed by atoms with Crippen LogP contribution in [-0.4, -0.2) is 19.1 Å². The van der Waals surface area contributed by atoms with Crippen molar-refractivity contribution in [2.75, 3.05) is 7.11 Å². The van der Waals surface area contributed by atoms with Gasteiger partial charge < -0.3 is 14.8 Å². The van der Waals surface area contributed by atoms with Gasteiger partial charge in [-0.25, -0.2) is 0 Å². The van der Waals surface area contributed by atoms with Crippen molar-refractivity contribution in [1.82, 2.24) is 5.32 Å². The lowest BCUT2D eigenvalue weighted by Crippen LogP contribution is -2.35. The van der Waals surface area contributed by atoms with E-state index in [-0.39, 0.29) is 5.91 Å². The molecule has 0 unspecified atom stereocenters. The monoisotopic (exact) mass is 441 g/mol. The van der Waals surface area contributed by atoms with Gasteiger partial charge in [0, 0.05) is 11.0 Å². The van der Waals surface area contributed by atoms with Crippen molar-refractivity contribution in [3.63, 3.8) is 0 Å². The lowest BCUT2D eigenvalue weighted by atomic mass is 10.2. The summed E-state index contributed by atoms with van der Waals surface area (Å²) in [5, 5.41) is 2.86. The number of carbonyl (C=O) groups is 1. The van der Waals surface area contributed by atoms with Crippen LogP contribution in [0.25, 0.3) is 0 Å². The molecule has 0 heterocycles. The zero-order valence-electron chi connectivity index (χ0n) is 12.8. The van der Waals surface area contributed by atoms with Crippen LogP contribution in [0, 0.1) is 0 Å². The average molecular weight is 443 g/mol. The quantitative estimate of drug-likeness (QED) is 0.725. The van der Waals surface area contributed by atoms with Gasteiger partial charge in [-0.3, -0.25) is 4.79 Å². The molecule has 122 valence electrons. The van der Waals surface area contributed by atoms with Crippen LogP contribution in [0.15, 0.2) is 51.4 Å². The van der Waals surface area contributed by atoms with Gasteiger partial charge >= 0.3 is 0 Å². The molecule has 2 aromatic carbocycles. The van der Waals surface area contributed by atoms with Crippen molar-refractivity contribution >= 4 is 37.8 Å². The molecule has 1 amide bonds. The molecule has 0 bridgehead atoms. The van der Waals surface area contributed by atoms with Gasteiger partial charge in [0.25, 0.3) is 5.91 Å². The zero-order chi connectivity index (χ0) is 16.8. The standard InChI is InChI=1S/C17H17Br2NO3/c1-11(23-16-8-5-13(18)9-15(16)19)17(21)20-10-12-3-6-14(22-2)7-4-12/h3-9,11H,10H2,1-2H3,(H,20,21)/t11-/m0/s1. The molecule has 4 nitrogen and oxygen atoms in total. The highest BCUT2D eigenvalue weighted by Gasteiger charge is 2.15. The van der Waals surface area contributed by atoms with E-state index in [9.17, 15) is 4.79 Å². The van der Waals surface area contributed by atoms with Crippen LogP contribution in [0.2, 0.25) is 0 Å². The molecule has 0 saturated heterocycles. The summed E-state index contributed by atoms with van der Waals surface area (Å²) in [7, 11) is 1.62. The van der Waals surface area contributed by atoms with Crippen molar-refractivity contribution in [2.45, 2.75) is 19.6 Å². The summed E-state index contributed by atoms with van der Waals surface area (Å²) in [6, 6.07) is 13.1. The lowest BCUT2D eigenvalue weighted by Gasteiger charge is -2.16. The van der Waals surface area contributed by atoms with E-state index in [1.54, 1.807) is 20.1 Å². The van der Waals surface area contributed by atoms with Crippen molar-refractivity contribution in [2.24, 2.45) is 0 Å². The minimum atomic E-state index is -0.592. The minimum Gasteiger partial charge on any atom is -0.497 e. The highest BCUT2D eigenvalue weighted by molar-refractivity contribution is 9.11. The van der Waals surface area contributed by atoms with E-state index in [1.165, 1.54) is 0 Å². The molecule has 1 N–H and O–H groups in total. The highest BCUT2D eigenvalue weighted by atomic mass is 79.9. The van der Waals surface area contributed by atoms with Crippen LogP contribution in [0.1, 0.15) is 12.5 Å². The third-order valence-electron chi connectivity index (χ3n) is 3.19. The van der Waals surface area contributed by atoms with Gasteiger partial charge in [0.2, 0.25) is 0 Å². The molecule has 0 aliphatic heterocycles. The maximum Gasteiger partial charge on any atom is 0.261 e. The van der Waals surface area contributed by atoms with Gasteiger partial charge in [0.1, 0.15) is 11.5 Å². The molecule has 6 heteroatoms. The summed E-state index contributed by atoms with van der Waals surface area (Å²) in [6.45, 7) is 2.16.